The van der Waals surface area contributed by atoms with Gasteiger partial charge in [0.2, 0.25) is 0 Å². The highest BCUT2D eigenvalue weighted by atomic mass is 19.4. The van der Waals surface area contributed by atoms with Gasteiger partial charge in [0, 0.05) is 36.8 Å². The van der Waals surface area contributed by atoms with Crippen molar-refractivity contribution >= 4 is 5.91 Å². The Morgan fingerprint density at radius 3 is 2.79 bits per heavy atom. The predicted octanol–water partition coefficient (Wildman–Crippen LogP) is 4.75. The Kier molecular flexibility index (Phi) is 4.90. The van der Waals surface area contributed by atoms with Crippen molar-refractivity contribution in [1.29, 1.82) is 0 Å². The number of fused-ring (bicyclic) bond motifs is 1. The molecule has 0 unspecified atom stereocenters. The van der Waals surface area contributed by atoms with E-state index in [2.05, 4.69) is 14.9 Å². The summed E-state index contributed by atoms with van der Waals surface area (Å²) >= 11 is 0. The number of imidazole rings is 1. The quantitative estimate of drug-likeness (QED) is 0.688. The van der Waals surface area contributed by atoms with Gasteiger partial charge >= 0.3 is 6.18 Å². The maximum atomic E-state index is 13.1. The maximum absolute atomic E-state index is 13.1. The van der Waals surface area contributed by atoms with Crippen LogP contribution in [0, 0.1) is 6.92 Å². The van der Waals surface area contributed by atoms with Gasteiger partial charge in [0.15, 0.2) is 0 Å². The van der Waals surface area contributed by atoms with Crippen LogP contribution in [0.25, 0.3) is 11.3 Å². The van der Waals surface area contributed by atoms with E-state index in [4.69, 9.17) is 0 Å². The third kappa shape index (κ3) is 4.04. The van der Waals surface area contributed by atoms with Gasteiger partial charge in [-0.1, -0.05) is 24.3 Å². The highest BCUT2D eigenvalue weighted by Crippen LogP contribution is 2.32. The molecule has 7 heteroatoms. The SMILES string of the molecule is Cc1ccc(C(=O)NCc2cccc(-c3cn4c(n3)CCC4)c2)cc1C(F)(F)F. The summed E-state index contributed by atoms with van der Waals surface area (Å²) in [6, 6.07) is 11.3. The molecule has 1 aliphatic heterocycles. The monoisotopic (exact) mass is 399 g/mol. The van der Waals surface area contributed by atoms with Gasteiger partial charge < -0.3 is 9.88 Å². The number of benzene rings is 2. The van der Waals surface area contributed by atoms with Gasteiger partial charge in [-0.15, -0.1) is 0 Å². The number of carbonyl (C=O) groups is 1. The summed E-state index contributed by atoms with van der Waals surface area (Å²) in [7, 11) is 0. The second-order valence-corrected chi connectivity index (χ2v) is 7.25. The molecule has 0 radical (unpaired) electrons. The molecule has 4 nitrogen and oxygen atoms in total. The van der Waals surface area contributed by atoms with E-state index in [9.17, 15) is 18.0 Å². The minimum absolute atomic E-state index is 0.00962. The first-order valence-electron chi connectivity index (χ1n) is 9.43. The molecular formula is C22H20F3N3O. The Morgan fingerprint density at radius 2 is 2.03 bits per heavy atom. The zero-order valence-electron chi connectivity index (χ0n) is 15.9. The van der Waals surface area contributed by atoms with Crippen LogP contribution in [0.5, 0.6) is 0 Å². The molecule has 3 aromatic rings. The van der Waals surface area contributed by atoms with E-state index in [1.807, 2.05) is 30.5 Å². The van der Waals surface area contributed by atoms with Crippen LogP contribution in [0.2, 0.25) is 0 Å². The molecule has 29 heavy (non-hydrogen) atoms. The van der Waals surface area contributed by atoms with Gasteiger partial charge in [-0.2, -0.15) is 13.2 Å². The number of nitrogens with zero attached hydrogens (tertiary/aromatic N) is 2. The molecule has 0 saturated carbocycles. The fraction of sp³-hybridized carbons (Fsp3) is 0.273. The summed E-state index contributed by atoms with van der Waals surface area (Å²) in [6.07, 6.45) is -0.361. The second-order valence-electron chi connectivity index (χ2n) is 7.25. The van der Waals surface area contributed by atoms with E-state index in [0.717, 1.165) is 48.1 Å². The number of halogens is 3. The van der Waals surface area contributed by atoms with Crippen LogP contribution >= 0.6 is 0 Å². The normalized spacial score (nSPS) is 13.4. The molecule has 0 spiro atoms. The third-order valence-corrected chi connectivity index (χ3v) is 5.14. The smallest absolute Gasteiger partial charge is 0.348 e. The Hall–Kier alpha value is -3.09. The average Bonchev–Trinajstić information content (AvgIpc) is 3.28. The molecule has 0 fully saturated rings. The molecule has 0 bridgehead atoms. The minimum atomic E-state index is -4.49. The number of hydrogen-bond acceptors (Lipinski definition) is 2. The Labute approximate surface area is 166 Å². The van der Waals surface area contributed by atoms with Crippen LogP contribution in [0.15, 0.2) is 48.7 Å². The van der Waals surface area contributed by atoms with Crippen molar-refractivity contribution in [3.05, 3.63) is 76.7 Å². The third-order valence-electron chi connectivity index (χ3n) is 5.14. The molecule has 1 aliphatic rings. The van der Waals surface area contributed by atoms with Crippen molar-refractivity contribution < 1.29 is 18.0 Å². The average molecular weight is 399 g/mol. The molecule has 0 aliphatic carbocycles. The van der Waals surface area contributed by atoms with Gasteiger partial charge in [-0.3, -0.25) is 4.79 Å². The zero-order chi connectivity index (χ0) is 20.6. The number of nitrogens with one attached hydrogen (secondary N) is 1. The topological polar surface area (TPSA) is 46.9 Å². The van der Waals surface area contributed by atoms with Gasteiger partial charge in [-0.05, 0) is 42.7 Å². The lowest BCUT2D eigenvalue weighted by atomic mass is 10.0. The van der Waals surface area contributed by atoms with Gasteiger partial charge in [-0.25, -0.2) is 4.98 Å². The summed E-state index contributed by atoms with van der Waals surface area (Å²) in [6.45, 7) is 2.58. The van der Waals surface area contributed by atoms with Crippen LogP contribution in [-0.2, 0) is 25.7 Å². The molecule has 150 valence electrons. The molecule has 2 heterocycles. The minimum Gasteiger partial charge on any atom is -0.348 e. The number of aromatic nitrogens is 2. The van der Waals surface area contributed by atoms with Crippen LogP contribution in [-0.4, -0.2) is 15.5 Å². The molecule has 0 atom stereocenters. The number of rotatable bonds is 4. The lowest BCUT2D eigenvalue weighted by Crippen LogP contribution is -2.23. The second kappa shape index (κ2) is 7.39. The van der Waals surface area contributed by atoms with Gasteiger partial charge in [0.1, 0.15) is 5.82 Å². The van der Waals surface area contributed by atoms with E-state index in [0.29, 0.717) is 0 Å². The van der Waals surface area contributed by atoms with E-state index < -0.39 is 17.6 Å². The van der Waals surface area contributed by atoms with Gasteiger partial charge in [0.25, 0.3) is 5.91 Å². The zero-order valence-corrected chi connectivity index (χ0v) is 15.9. The molecule has 1 N–H and O–H groups in total. The summed E-state index contributed by atoms with van der Waals surface area (Å²) in [5, 5.41) is 2.70. The van der Waals surface area contributed by atoms with Crippen molar-refractivity contribution in [2.75, 3.05) is 0 Å². The fourth-order valence-corrected chi connectivity index (χ4v) is 3.59. The van der Waals surface area contributed by atoms with Gasteiger partial charge in [0.05, 0.1) is 11.3 Å². The van der Waals surface area contributed by atoms with Crippen LogP contribution in [0.4, 0.5) is 13.2 Å². The Bertz CT molecular complexity index is 1050. The maximum Gasteiger partial charge on any atom is 0.416 e. The number of hydrogen-bond donors (Lipinski definition) is 1. The van der Waals surface area contributed by atoms with Crippen LogP contribution < -0.4 is 5.32 Å². The molecule has 1 amide bonds. The standard InChI is InChI=1S/C22H20F3N3O/c1-14-7-8-17(11-18(14)22(23,24)25)21(29)26-12-15-4-2-5-16(10-15)19-13-28-9-3-6-20(28)27-19/h2,4-5,7-8,10-11,13H,3,6,9,12H2,1H3,(H,26,29). The number of alkyl halides is 3. The fourth-order valence-electron chi connectivity index (χ4n) is 3.59. The lowest BCUT2D eigenvalue weighted by molar-refractivity contribution is -0.138. The first-order chi connectivity index (χ1) is 13.8. The van der Waals surface area contributed by atoms with Crippen molar-refractivity contribution in [3.63, 3.8) is 0 Å². The number of amides is 1. The molecule has 4 rings (SSSR count). The van der Waals surface area contributed by atoms with Crippen molar-refractivity contribution in [1.82, 2.24) is 14.9 Å². The highest BCUT2D eigenvalue weighted by molar-refractivity contribution is 5.94. The molecule has 0 saturated heterocycles. The summed E-state index contributed by atoms with van der Waals surface area (Å²) in [5.41, 5.74) is 1.99. The van der Waals surface area contributed by atoms with Crippen LogP contribution in [0.3, 0.4) is 0 Å². The summed E-state index contributed by atoms with van der Waals surface area (Å²) in [4.78, 5) is 17.0. The molecule has 1 aromatic heterocycles. The predicted molar refractivity (Wildman–Crippen MR) is 103 cm³/mol. The molecular weight excluding hydrogens is 379 g/mol. The summed E-state index contributed by atoms with van der Waals surface area (Å²) < 4.78 is 41.4. The van der Waals surface area contributed by atoms with E-state index in [1.54, 1.807) is 0 Å². The first-order valence-corrected chi connectivity index (χ1v) is 9.43. The van der Waals surface area contributed by atoms with Crippen molar-refractivity contribution in [2.24, 2.45) is 0 Å². The lowest BCUT2D eigenvalue weighted by Gasteiger charge is -2.12. The Morgan fingerprint density at radius 1 is 1.21 bits per heavy atom. The first kappa shape index (κ1) is 19.2. The summed E-state index contributed by atoms with van der Waals surface area (Å²) in [5.74, 6) is 0.542. The van der Waals surface area contributed by atoms with Crippen LogP contribution in [0.1, 0.15) is 39.3 Å². The largest absolute Gasteiger partial charge is 0.416 e. The van der Waals surface area contributed by atoms with E-state index >= 15 is 0 Å². The van der Waals surface area contributed by atoms with Crippen molar-refractivity contribution in [2.45, 2.75) is 39.0 Å². The van der Waals surface area contributed by atoms with Crippen molar-refractivity contribution in [3.8, 4) is 11.3 Å². The van der Waals surface area contributed by atoms with E-state index in [1.165, 1.54) is 19.1 Å². The highest BCUT2D eigenvalue weighted by Gasteiger charge is 2.32. The number of carbonyl (C=O) groups excluding carboxylic acids is 1. The van der Waals surface area contributed by atoms with E-state index in [-0.39, 0.29) is 17.7 Å². The molecule has 2 aromatic carbocycles. The number of aryl methyl sites for hydroxylation is 3. The Balaban J connectivity index is 1.47.